The van der Waals surface area contributed by atoms with E-state index in [0.29, 0.717) is 16.6 Å². The molecule has 0 aromatic heterocycles. The van der Waals surface area contributed by atoms with Gasteiger partial charge in [0.2, 0.25) is 0 Å². The Morgan fingerprint density at radius 3 is 2.54 bits per heavy atom. The Bertz CT molecular complexity index is 573. The van der Waals surface area contributed by atoms with Gasteiger partial charge in [0.25, 0.3) is 0 Å². The van der Waals surface area contributed by atoms with Crippen molar-refractivity contribution >= 4 is 5.78 Å². The van der Waals surface area contributed by atoms with E-state index < -0.39 is 0 Å². The predicted molar refractivity (Wildman–Crippen MR) is 96.7 cm³/mol. The summed E-state index contributed by atoms with van der Waals surface area (Å²) < 4.78 is 6.19. The monoisotopic (exact) mass is 330 g/mol. The first-order valence-corrected chi connectivity index (χ1v) is 10.2. The van der Waals surface area contributed by atoms with Crippen LogP contribution in [-0.2, 0) is 9.53 Å². The third-order valence-electron chi connectivity index (χ3n) is 9.21. The Balaban J connectivity index is 1.68. The molecule has 0 N–H and O–H groups in total. The molecule has 0 bridgehead atoms. The number of carbonyl (C=O) groups excluding carboxylic acids is 1. The number of rotatable bonds is 2. The van der Waals surface area contributed by atoms with Gasteiger partial charge in [-0.1, -0.05) is 26.3 Å². The fourth-order valence-corrected chi connectivity index (χ4v) is 7.71. The number of fused-ring (bicyclic) bond motifs is 5. The molecule has 2 nitrogen and oxygen atoms in total. The summed E-state index contributed by atoms with van der Waals surface area (Å²) in [7, 11) is 1.94. The van der Waals surface area contributed by atoms with Crippen LogP contribution in [0.2, 0.25) is 0 Å². The van der Waals surface area contributed by atoms with E-state index in [1.54, 1.807) is 0 Å². The zero-order chi connectivity index (χ0) is 17.2. The van der Waals surface area contributed by atoms with Gasteiger partial charge in [0.1, 0.15) is 0 Å². The molecule has 0 amide bonds. The van der Waals surface area contributed by atoms with Crippen LogP contribution in [-0.4, -0.2) is 18.5 Å². The second-order valence-electron chi connectivity index (χ2n) is 9.52. The number of hydrogen-bond donors (Lipinski definition) is 0. The molecule has 0 unspecified atom stereocenters. The highest BCUT2D eigenvalue weighted by Crippen LogP contribution is 2.68. The Labute approximate surface area is 147 Å². The van der Waals surface area contributed by atoms with E-state index >= 15 is 0 Å². The first kappa shape index (κ1) is 16.8. The van der Waals surface area contributed by atoms with Crippen LogP contribution in [0.5, 0.6) is 0 Å². The van der Waals surface area contributed by atoms with Crippen LogP contribution < -0.4 is 0 Å². The van der Waals surface area contributed by atoms with Gasteiger partial charge >= 0.3 is 0 Å². The number of methoxy groups -OCH3 is 1. The van der Waals surface area contributed by atoms with Crippen molar-refractivity contribution in [2.45, 2.75) is 84.2 Å². The van der Waals surface area contributed by atoms with Gasteiger partial charge in [0.05, 0.1) is 5.60 Å². The van der Waals surface area contributed by atoms with Crippen LogP contribution >= 0.6 is 0 Å². The maximum atomic E-state index is 11.9. The lowest BCUT2D eigenvalue weighted by Crippen LogP contribution is -2.55. The molecule has 0 saturated heterocycles. The van der Waals surface area contributed by atoms with Crippen molar-refractivity contribution in [1.29, 1.82) is 0 Å². The van der Waals surface area contributed by atoms with Crippen molar-refractivity contribution < 1.29 is 9.53 Å². The number of ether oxygens (including phenoxy) is 1. The van der Waals surface area contributed by atoms with Gasteiger partial charge in [-0.25, -0.2) is 0 Å². The SMILES string of the molecule is CC[C@]1(OC)CC[C@H]2[C@@H]3CCC4=CC(=O)CC[C@]4(C)[C@H]3CC[C@@]21C. The summed E-state index contributed by atoms with van der Waals surface area (Å²) in [6, 6.07) is 0. The van der Waals surface area contributed by atoms with Crippen LogP contribution in [0.1, 0.15) is 78.6 Å². The Hall–Kier alpha value is -0.630. The fraction of sp³-hybridized carbons (Fsp3) is 0.864. The minimum absolute atomic E-state index is 0.0994. The molecule has 0 radical (unpaired) electrons. The molecule has 24 heavy (non-hydrogen) atoms. The summed E-state index contributed by atoms with van der Waals surface area (Å²) in [6.45, 7) is 7.33. The fourth-order valence-electron chi connectivity index (χ4n) is 7.71. The first-order chi connectivity index (χ1) is 11.4. The summed E-state index contributed by atoms with van der Waals surface area (Å²) in [5.41, 5.74) is 2.22. The van der Waals surface area contributed by atoms with E-state index in [1.165, 1.54) is 37.7 Å². The molecule has 6 atom stereocenters. The van der Waals surface area contributed by atoms with E-state index in [9.17, 15) is 4.79 Å². The van der Waals surface area contributed by atoms with Crippen LogP contribution in [0.3, 0.4) is 0 Å². The molecule has 4 aliphatic carbocycles. The number of allylic oxidation sites excluding steroid dienone is 1. The molecule has 2 heteroatoms. The van der Waals surface area contributed by atoms with Crippen LogP contribution in [0.15, 0.2) is 11.6 Å². The topological polar surface area (TPSA) is 26.3 Å². The molecule has 3 saturated carbocycles. The molecule has 3 fully saturated rings. The largest absolute Gasteiger partial charge is 0.378 e. The third-order valence-corrected chi connectivity index (χ3v) is 9.21. The normalized spacial score (nSPS) is 50.8. The van der Waals surface area contributed by atoms with Crippen LogP contribution in [0.4, 0.5) is 0 Å². The number of hydrogen-bond acceptors (Lipinski definition) is 2. The summed E-state index contributed by atoms with van der Waals surface area (Å²) in [4.78, 5) is 11.9. The molecule has 0 aromatic rings. The number of carbonyl (C=O) groups is 1. The quantitative estimate of drug-likeness (QED) is 0.685. The maximum absolute atomic E-state index is 11.9. The Morgan fingerprint density at radius 2 is 1.83 bits per heavy atom. The van der Waals surface area contributed by atoms with E-state index in [1.807, 2.05) is 13.2 Å². The third kappa shape index (κ3) is 1.95. The lowest BCUT2D eigenvalue weighted by atomic mass is 9.46. The molecular formula is C22H34O2. The highest BCUT2D eigenvalue weighted by atomic mass is 16.5. The lowest BCUT2D eigenvalue weighted by Gasteiger charge is -2.59. The zero-order valence-corrected chi connectivity index (χ0v) is 16.0. The van der Waals surface area contributed by atoms with Gasteiger partial charge in [-0.05, 0) is 86.0 Å². The van der Waals surface area contributed by atoms with Gasteiger partial charge in [0, 0.05) is 13.5 Å². The van der Waals surface area contributed by atoms with Crippen LogP contribution in [0, 0.1) is 28.6 Å². The van der Waals surface area contributed by atoms with E-state index in [4.69, 9.17) is 4.74 Å². The molecule has 0 heterocycles. The predicted octanol–water partition coefficient (Wildman–Crippen LogP) is 5.31. The van der Waals surface area contributed by atoms with Gasteiger partial charge in [-0.15, -0.1) is 0 Å². The molecule has 134 valence electrons. The molecular weight excluding hydrogens is 296 g/mol. The van der Waals surface area contributed by atoms with Crippen molar-refractivity contribution in [3.8, 4) is 0 Å². The molecule has 0 aliphatic heterocycles. The van der Waals surface area contributed by atoms with Crippen molar-refractivity contribution in [1.82, 2.24) is 0 Å². The molecule has 4 aliphatic rings. The van der Waals surface area contributed by atoms with Crippen molar-refractivity contribution in [2.24, 2.45) is 28.6 Å². The molecule has 0 spiro atoms. The maximum Gasteiger partial charge on any atom is 0.155 e. The Kier molecular flexibility index (Phi) is 3.81. The standard InChI is InChI=1S/C22H34O2/c1-5-22(24-4)13-10-19-17-7-6-15-14-16(23)8-11-20(15,2)18(17)9-12-21(19,22)3/h14,17-19H,5-13H2,1-4H3/t17-,18+,19+,20+,21+,22+/m1/s1. The second-order valence-corrected chi connectivity index (χ2v) is 9.52. The number of ketones is 1. The van der Waals surface area contributed by atoms with Gasteiger partial charge in [0.15, 0.2) is 5.78 Å². The summed E-state index contributed by atoms with van der Waals surface area (Å²) in [5.74, 6) is 2.80. The highest BCUT2D eigenvalue weighted by molar-refractivity contribution is 5.91. The van der Waals surface area contributed by atoms with E-state index in [-0.39, 0.29) is 5.60 Å². The molecule has 4 rings (SSSR count). The average Bonchev–Trinajstić information content (AvgIpc) is 2.88. The second kappa shape index (κ2) is 5.43. The van der Waals surface area contributed by atoms with E-state index in [0.717, 1.165) is 43.4 Å². The summed E-state index contributed by atoms with van der Waals surface area (Å²) in [6.07, 6.45) is 12.7. The van der Waals surface area contributed by atoms with Crippen molar-refractivity contribution in [3.63, 3.8) is 0 Å². The van der Waals surface area contributed by atoms with Crippen molar-refractivity contribution in [2.75, 3.05) is 7.11 Å². The lowest BCUT2D eigenvalue weighted by molar-refractivity contribution is -0.146. The van der Waals surface area contributed by atoms with Gasteiger partial charge < -0.3 is 4.74 Å². The minimum Gasteiger partial charge on any atom is -0.378 e. The zero-order valence-electron chi connectivity index (χ0n) is 16.0. The van der Waals surface area contributed by atoms with Crippen LogP contribution in [0.25, 0.3) is 0 Å². The highest BCUT2D eigenvalue weighted by Gasteiger charge is 2.63. The summed E-state index contributed by atoms with van der Waals surface area (Å²) >= 11 is 0. The minimum atomic E-state index is 0.0994. The van der Waals surface area contributed by atoms with Gasteiger partial charge in [-0.2, -0.15) is 0 Å². The average molecular weight is 331 g/mol. The van der Waals surface area contributed by atoms with Gasteiger partial charge in [-0.3, -0.25) is 4.79 Å². The van der Waals surface area contributed by atoms with E-state index in [2.05, 4.69) is 20.8 Å². The smallest absolute Gasteiger partial charge is 0.155 e. The molecule has 0 aromatic carbocycles. The first-order valence-electron chi connectivity index (χ1n) is 10.2. The summed E-state index contributed by atoms with van der Waals surface area (Å²) in [5, 5.41) is 0. The Morgan fingerprint density at radius 1 is 1.08 bits per heavy atom. The van der Waals surface area contributed by atoms with Crippen molar-refractivity contribution in [3.05, 3.63) is 11.6 Å².